The normalized spacial score (nSPS) is 11.4. The van der Waals surface area contributed by atoms with Gasteiger partial charge in [0.15, 0.2) is 0 Å². The van der Waals surface area contributed by atoms with Gasteiger partial charge in [0.05, 0.1) is 0 Å². The third-order valence-corrected chi connectivity index (χ3v) is 3.06. The first-order valence-electron chi connectivity index (χ1n) is 7.00. The quantitative estimate of drug-likeness (QED) is 0.799. The molecule has 0 saturated carbocycles. The van der Waals surface area contributed by atoms with Gasteiger partial charge in [-0.3, -0.25) is 0 Å². The highest BCUT2D eigenvalue weighted by molar-refractivity contribution is 5.46. The van der Waals surface area contributed by atoms with Crippen molar-refractivity contribution in [2.24, 2.45) is 5.73 Å². The van der Waals surface area contributed by atoms with Gasteiger partial charge in [-0.1, -0.05) is 19.4 Å². The Hall–Kier alpha value is -1.35. The van der Waals surface area contributed by atoms with Crippen LogP contribution in [0.5, 0.6) is 0 Å². The van der Waals surface area contributed by atoms with Crippen molar-refractivity contribution in [3.8, 4) is 0 Å². The highest BCUT2D eigenvalue weighted by Gasteiger charge is 2.22. The molecule has 0 aliphatic heterocycles. The van der Waals surface area contributed by atoms with Crippen LogP contribution in [0.4, 0.5) is 5.82 Å². The summed E-state index contributed by atoms with van der Waals surface area (Å²) < 4.78 is 0. The number of hydrogen-bond donors (Lipinski definition) is 1. The molecule has 0 amide bonds. The van der Waals surface area contributed by atoms with Crippen molar-refractivity contribution in [3.05, 3.63) is 36.0 Å². The molecule has 0 radical (unpaired) electrons. The van der Waals surface area contributed by atoms with Crippen molar-refractivity contribution in [2.75, 3.05) is 11.4 Å². The summed E-state index contributed by atoms with van der Waals surface area (Å²) in [5, 5.41) is 0. The number of nitrogens with two attached hydrogens (primary N) is 1. The lowest BCUT2D eigenvalue weighted by Gasteiger charge is -2.36. The summed E-state index contributed by atoms with van der Waals surface area (Å²) in [7, 11) is 0. The van der Waals surface area contributed by atoms with Gasteiger partial charge in [-0.25, -0.2) is 4.98 Å². The zero-order valence-electron chi connectivity index (χ0n) is 12.7. The van der Waals surface area contributed by atoms with E-state index in [1.54, 1.807) is 0 Å². The van der Waals surface area contributed by atoms with Gasteiger partial charge < -0.3 is 10.6 Å². The van der Waals surface area contributed by atoms with Crippen LogP contribution in [-0.2, 0) is 13.0 Å². The molecule has 0 aliphatic carbocycles. The molecular weight excluding hydrogens is 234 g/mol. The van der Waals surface area contributed by atoms with Gasteiger partial charge in [0, 0.05) is 24.3 Å². The number of pyridine rings is 1. The van der Waals surface area contributed by atoms with E-state index in [1.165, 1.54) is 0 Å². The topological polar surface area (TPSA) is 42.1 Å². The van der Waals surface area contributed by atoms with E-state index in [-0.39, 0.29) is 5.54 Å². The molecule has 0 aromatic carbocycles. The highest BCUT2D eigenvalue weighted by atomic mass is 15.2. The first-order valence-corrected chi connectivity index (χ1v) is 7.00. The minimum absolute atomic E-state index is 0.0118. The van der Waals surface area contributed by atoms with E-state index in [1.807, 2.05) is 6.08 Å². The molecule has 1 aromatic rings. The number of hydrogen-bond acceptors (Lipinski definition) is 3. The molecular formula is C16H27N3. The lowest BCUT2D eigenvalue weighted by Crippen LogP contribution is -2.42. The summed E-state index contributed by atoms with van der Waals surface area (Å²) in [5.41, 5.74) is 8.08. The third-order valence-electron chi connectivity index (χ3n) is 3.06. The number of nitrogens with zero attached hydrogens (tertiary/aromatic N) is 2. The Morgan fingerprint density at radius 1 is 1.37 bits per heavy atom. The van der Waals surface area contributed by atoms with Gasteiger partial charge in [0.2, 0.25) is 0 Å². The van der Waals surface area contributed by atoms with E-state index in [0.717, 1.165) is 36.5 Å². The minimum Gasteiger partial charge on any atom is -0.348 e. The van der Waals surface area contributed by atoms with Crippen molar-refractivity contribution >= 4 is 5.82 Å². The fourth-order valence-electron chi connectivity index (χ4n) is 2.11. The third kappa shape index (κ3) is 4.35. The second kappa shape index (κ2) is 6.71. The molecule has 0 unspecified atom stereocenters. The second-order valence-electron chi connectivity index (χ2n) is 5.85. The van der Waals surface area contributed by atoms with Crippen molar-refractivity contribution in [2.45, 2.75) is 52.6 Å². The van der Waals surface area contributed by atoms with Gasteiger partial charge in [0.25, 0.3) is 0 Å². The molecule has 3 nitrogen and oxygen atoms in total. The van der Waals surface area contributed by atoms with Crippen molar-refractivity contribution in [1.82, 2.24) is 4.98 Å². The van der Waals surface area contributed by atoms with Crippen molar-refractivity contribution in [1.29, 1.82) is 0 Å². The van der Waals surface area contributed by atoms with Crippen LogP contribution in [-0.4, -0.2) is 17.1 Å². The Kier molecular flexibility index (Phi) is 5.55. The smallest absolute Gasteiger partial charge is 0.129 e. The average Bonchev–Trinajstić information content (AvgIpc) is 2.34. The molecule has 1 rings (SSSR count). The maximum atomic E-state index is 5.80. The SMILES string of the molecule is C=CCN(c1cc(CN)cc(CCC)n1)C(C)(C)C. The Labute approximate surface area is 117 Å². The van der Waals surface area contributed by atoms with Gasteiger partial charge >= 0.3 is 0 Å². The van der Waals surface area contributed by atoms with E-state index in [9.17, 15) is 0 Å². The zero-order chi connectivity index (χ0) is 14.5. The molecule has 3 heteroatoms. The van der Waals surface area contributed by atoms with Crippen LogP contribution in [0.1, 0.15) is 45.4 Å². The van der Waals surface area contributed by atoms with Gasteiger partial charge in [0.1, 0.15) is 5.82 Å². The second-order valence-corrected chi connectivity index (χ2v) is 5.85. The molecule has 0 saturated heterocycles. The van der Waals surface area contributed by atoms with Crippen LogP contribution in [0.25, 0.3) is 0 Å². The Morgan fingerprint density at radius 2 is 2.05 bits per heavy atom. The Bertz CT molecular complexity index is 418. The monoisotopic (exact) mass is 261 g/mol. The van der Waals surface area contributed by atoms with Crippen LogP contribution in [0, 0.1) is 0 Å². The van der Waals surface area contributed by atoms with E-state index >= 15 is 0 Å². The lowest BCUT2D eigenvalue weighted by atomic mass is 10.0. The molecule has 19 heavy (non-hydrogen) atoms. The fraction of sp³-hybridized carbons (Fsp3) is 0.562. The van der Waals surface area contributed by atoms with Gasteiger partial charge in [-0.15, -0.1) is 6.58 Å². The predicted molar refractivity (Wildman–Crippen MR) is 83.4 cm³/mol. The van der Waals surface area contributed by atoms with Crippen molar-refractivity contribution in [3.63, 3.8) is 0 Å². The standard InChI is InChI=1S/C16H27N3/c1-6-8-14-10-13(12-17)11-15(18-14)19(9-7-2)16(3,4)5/h7,10-11H,2,6,8-9,12,17H2,1,3-5H3. The molecule has 2 N–H and O–H groups in total. The van der Waals surface area contributed by atoms with Crippen LogP contribution in [0.3, 0.4) is 0 Å². The summed E-state index contributed by atoms with van der Waals surface area (Å²) in [4.78, 5) is 7.04. The number of aryl methyl sites for hydroxylation is 1. The lowest BCUT2D eigenvalue weighted by molar-refractivity contribution is 0.516. The number of anilines is 1. The van der Waals surface area contributed by atoms with E-state index in [4.69, 9.17) is 10.7 Å². The molecule has 106 valence electrons. The summed E-state index contributed by atoms with van der Waals surface area (Å²) in [6.07, 6.45) is 4.01. The van der Waals surface area contributed by atoms with Crippen LogP contribution >= 0.6 is 0 Å². The number of rotatable bonds is 6. The Morgan fingerprint density at radius 3 is 2.53 bits per heavy atom. The summed E-state index contributed by atoms with van der Waals surface area (Å²) in [6, 6.07) is 4.20. The summed E-state index contributed by atoms with van der Waals surface area (Å²) >= 11 is 0. The predicted octanol–water partition coefficient (Wildman–Crippen LogP) is 3.28. The largest absolute Gasteiger partial charge is 0.348 e. The summed E-state index contributed by atoms with van der Waals surface area (Å²) in [5.74, 6) is 0.999. The zero-order valence-corrected chi connectivity index (χ0v) is 12.7. The van der Waals surface area contributed by atoms with E-state index < -0.39 is 0 Å². The minimum atomic E-state index is 0.0118. The van der Waals surface area contributed by atoms with E-state index in [0.29, 0.717) is 6.54 Å². The molecule has 0 atom stereocenters. The maximum absolute atomic E-state index is 5.80. The molecule has 1 heterocycles. The maximum Gasteiger partial charge on any atom is 0.129 e. The fourth-order valence-corrected chi connectivity index (χ4v) is 2.11. The van der Waals surface area contributed by atoms with Crippen molar-refractivity contribution < 1.29 is 0 Å². The molecule has 0 bridgehead atoms. The highest BCUT2D eigenvalue weighted by Crippen LogP contribution is 2.23. The average molecular weight is 261 g/mol. The first-order chi connectivity index (χ1) is 8.92. The molecule has 0 spiro atoms. The Balaban J connectivity index is 3.20. The molecule has 0 fully saturated rings. The van der Waals surface area contributed by atoms with Crippen LogP contribution < -0.4 is 10.6 Å². The van der Waals surface area contributed by atoms with Gasteiger partial charge in [-0.05, 0) is 44.9 Å². The summed E-state index contributed by atoms with van der Waals surface area (Å²) in [6.45, 7) is 13.9. The van der Waals surface area contributed by atoms with Crippen LogP contribution in [0.2, 0.25) is 0 Å². The first kappa shape index (κ1) is 15.7. The van der Waals surface area contributed by atoms with Crippen LogP contribution in [0.15, 0.2) is 24.8 Å². The molecule has 1 aromatic heterocycles. The van der Waals surface area contributed by atoms with E-state index in [2.05, 4.69) is 51.3 Å². The number of aromatic nitrogens is 1. The van der Waals surface area contributed by atoms with Gasteiger partial charge in [-0.2, -0.15) is 0 Å². The molecule has 0 aliphatic rings.